The Labute approximate surface area is 113 Å². The fraction of sp³-hybridized carbons (Fsp3) is 0.583. The average molecular weight is 294 g/mol. The molecule has 1 heterocycles. The van der Waals surface area contributed by atoms with Gasteiger partial charge in [-0.25, -0.2) is 0 Å². The van der Waals surface area contributed by atoms with Crippen LogP contribution in [0, 0.1) is 23.5 Å². The van der Waals surface area contributed by atoms with Gasteiger partial charge in [0, 0.05) is 11.3 Å². The van der Waals surface area contributed by atoms with Gasteiger partial charge in [0.1, 0.15) is 5.69 Å². The summed E-state index contributed by atoms with van der Waals surface area (Å²) < 4.78 is 52.7. The molecule has 0 bridgehead atoms. The first kappa shape index (κ1) is 14.4. The van der Waals surface area contributed by atoms with Crippen LogP contribution in [0.2, 0.25) is 0 Å². The third-order valence-corrected chi connectivity index (χ3v) is 4.95. The van der Waals surface area contributed by atoms with Gasteiger partial charge in [0.2, 0.25) is 11.6 Å². The fourth-order valence-corrected chi connectivity index (χ4v) is 3.28. The Balaban J connectivity index is 2.20. The maximum atomic E-state index is 13.4. The molecule has 1 fully saturated rings. The predicted molar refractivity (Wildman–Crippen MR) is 67.3 cm³/mol. The summed E-state index contributed by atoms with van der Waals surface area (Å²) in [6, 6.07) is 0. The molecule has 1 N–H and O–H groups in total. The molecule has 0 atom stereocenters. The Kier molecular flexibility index (Phi) is 4.23. The van der Waals surface area contributed by atoms with Crippen LogP contribution < -0.4 is 5.32 Å². The van der Waals surface area contributed by atoms with Crippen LogP contribution in [0.25, 0.3) is 0 Å². The van der Waals surface area contributed by atoms with Crippen molar-refractivity contribution in [3.05, 3.63) is 23.5 Å². The molecule has 0 radical (unpaired) electrons. The summed E-state index contributed by atoms with van der Waals surface area (Å²) in [5, 5.41) is 2.51. The minimum atomic E-state index is -1.63. The summed E-state index contributed by atoms with van der Waals surface area (Å²) in [7, 11) is 0. The molecular formula is C12H14F4N2S. The molecule has 7 heteroatoms. The number of halogens is 4. The number of nitrogens with one attached hydrogen (secondary N) is 1. The highest BCUT2D eigenvalue weighted by Crippen LogP contribution is 2.40. The summed E-state index contributed by atoms with van der Waals surface area (Å²) in [5.41, 5.74) is -0.773. The lowest BCUT2D eigenvalue weighted by Gasteiger charge is -2.27. The molecule has 2 nitrogen and oxygen atoms in total. The zero-order valence-corrected chi connectivity index (χ0v) is 11.2. The van der Waals surface area contributed by atoms with Crippen molar-refractivity contribution in [2.45, 2.75) is 30.4 Å². The van der Waals surface area contributed by atoms with Gasteiger partial charge < -0.3 is 5.32 Å². The normalized spacial score (nSPS) is 17.7. The van der Waals surface area contributed by atoms with Crippen molar-refractivity contribution < 1.29 is 17.6 Å². The Morgan fingerprint density at radius 1 is 1.11 bits per heavy atom. The first-order valence-corrected chi connectivity index (χ1v) is 7.20. The molecule has 0 spiro atoms. The highest BCUT2D eigenvalue weighted by molar-refractivity contribution is 8.00. The van der Waals surface area contributed by atoms with E-state index in [0.29, 0.717) is 0 Å². The minimum Gasteiger partial charge on any atom is -0.379 e. The molecular weight excluding hydrogens is 280 g/mol. The quantitative estimate of drug-likeness (QED) is 0.676. The molecule has 19 heavy (non-hydrogen) atoms. The molecule has 0 saturated heterocycles. The SMILES string of the molecule is CSC1(CNc2c(F)c(F)nc(F)c2F)CCCC1. The monoisotopic (exact) mass is 294 g/mol. The third kappa shape index (κ3) is 2.80. The van der Waals surface area contributed by atoms with Gasteiger partial charge in [0.15, 0.2) is 0 Å². The van der Waals surface area contributed by atoms with Crippen molar-refractivity contribution in [2.75, 3.05) is 18.1 Å². The summed E-state index contributed by atoms with van der Waals surface area (Å²) in [5.74, 6) is -6.22. The topological polar surface area (TPSA) is 24.9 Å². The summed E-state index contributed by atoms with van der Waals surface area (Å²) in [6.45, 7) is 0.269. The lowest BCUT2D eigenvalue weighted by Crippen LogP contribution is -2.30. The van der Waals surface area contributed by atoms with E-state index in [4.69, 9.17) is 0 Å². The lowest BCUT2D eigenvalue weighted by atomic mass is 10.1. The summed E-state index contributed by atoms with van der Waals surface area (Å²) in [4.78, 5) is 2.52. The van der Waals surface area contributed by atoms with E-state index in [1.165, 1.54) is 0 Å². The number of nitrogens with zero attached hydrogens (tertiary/aromatic N) is 1. The number of rotatable bonds is 4. The smallest absolute Gasteiger partial charge is 0.253 e. The molecule has 0 aliphatic heterocycles. The van der Waals surface area contributed by atoms with Crippen LogP contribution in [-0.2, 0) is 0 Å². The fourth-order valence-electron chi connectivity index (χ4n) is 2.36. The van der Waals surface area contributed by atoms with Crippen LogP contribution in [0.5, 0.6) is 0 Å². The van der Waals surface area contributed by atoms with Crippen molar-refractivity contribution in [3.8, 4) is 0 Å². The van der Waals surface area contributed by atoms with Gasteiger partial charge in [0.25, 0.3) is 11.9 Å². The van der Waals surface area contributed by atoms with Crippen molar-refractivity contribution in [1.29, 1.82) is 0 Å². The molecule has 1 saturated carbocycles. The Morgan fingerprint density at radius 2 is 1.63 bits per heavy atom. The average Bonchev–Trinajstić information content (AvgIpc) is 2.86. The molecule has 106 valence electrons. The van der Waals surface area contributed by atoms with Crippen LogP contribution in [0.15, 0.2) is 0 Å². The Bertz CT molecular complexity index is 449. The van der Waals surface area contributed by atoms with Crippen LogP contribution in [0.1, 0.15) is 25.7 Å². The van der Waals surface area contributed by atoms with Crippen molar-refractivity contribution in [2.24, 2.45) is 0 Å². The van der Waals surface area contributed by atoms with E-state index in [1.54, 1.807) is 11.8 Å². The summed E-state index contributed by atoms with van der Waals surface area (Å²) >= 11 is 1.61. The summed E-state index contributed by atoms with van der Waals surface area (Å²) in [6.07, 6.45) is 5.85. The molecule has 0 amide bonds. The zero-order valence-electron chi connectivity index (χ0n) is 10.4. The van der Waals surface area contributed by atoms with E-state index in [2.05, 4.69) is 10.3 Å². The van der Waals surface area contributed by atoms with E-state index in [1.807, 2.05) is 6.26 Å². The van der Waals surface area contributed by atoms with Gasteiger partial charge in [-0.3, -0.25) is 0 Å². The van der Waals surface area contributed by atoms with Crippen molar-refractivity contribution >= 4 is 17.4 Å². The Morgan fingerprint density at radius 3 is 2.11 bits per heavy atom. The van der Waals surface area contributed by atoms with Gasteiger partial charge in [-0.15, -0.1) is 0 Å². The van der Waals surface area contributed by atoms with Crippen molar-refractivity contribution in [3.63, 3.8) is 0 Å². The van der Waals surface area contributed by atoms with Gasteiger partial charge in [-0.1, -0.05) is 12.8 Å². The van der Waals surface area contributed by atoms with Gasteiger partial charge >= 0.3 is 0 Å². The highest BCUT2D eigenvalue weighted by Gasteiger charge is 2.33. The molecule has 1 aliphatic rings. The highest BCUT2D eigenvalue weighted by atomic mass is 32.2. The van der Waals surface area contributed by atoms with E-state index in [9.17, 15) is 17.6 Å². The van der Waals surface area contributed by atoms with Crippen LogP contribution >= 0.6 is 11.8 Å². The number of pyridine rings is 1. The zero-order chi connectivity index (χ0) is 14.0. The second-order valence-electron chi connectivity index (χ2n) is 4.64. The third-order valence-electron chi connectivity index (χ3n) is 3.53. The van der Waals surface area contributed by atoms with E-state index in [-0.39, 0.29) is 11.3 Å². The van der Waals surface area contributed by atoms with Gasteiger partial charge in [-0.05, 0) is 19.1 Å². The molecule has 2 rings (SSSR count). The van der Waals surface area contributed by atoms with Crippen molar-refractivity contribution in [1.82, 2.24) is 4.98 Å². The molecule has 0 unspecified atom stereocenters. The molecule has 0 aromatic carbocycles. The Hall–Kier alpha value is -0.980. The number of hydrogen-bond acceptors (Lipinski definition) is 3. The van der Waals surface area contributed by atoms with Gasteiger partial charge in [-0.2, -0.15) is 34.3 Å². The van der Waals surface area contributed by atoms with Gasteiger partial charge in [0.05, 0.1) is 0 Å². The maximum Gasteiger partial charge on any atom is 0.253 e. The van der Waals surface area contributed by atoms with Crippen LogP contribution in [0.4, 0.5) is 23.2 Å². The molecule has 1 aliphatic carbocycles. The standard InChI is InChI=1S/C12H14F4N2S/c1-19-12(4-2-3-5-12)6-17-9-7(13)10(15)18-11(16)8(9)14/h2-6H2,1H3,(H,17,18). The largest absolute Gasteiger partial charge is 0.379 e. The van der Waals surface area contributed by atoms with Crippen LogP contribution in [-0.4, -0.2) is 22.5 Å². The van der Waals surface area contributed by atoms with E-state index in [0.717, 1.165) is 25.7 Å². The minimum absolute atomic E-state index is 0.130. The molecule has 1 aromatic rings. The number of hydrogen-bond donors (Lipinski definition) is 1. The second-order valence-corrected chi connectivity index (χ2v) is 5.92. The first-order chi connectivity index (χ1) is 8.99. The van der Waals surface area contributed by atoms with E-state index < -0.39 is 29.2 Å². The lowest BCUT2D eigenvalue weighted by molar-refractivity contribution is 0.410. The number of aromatic nitrogens is 1. The predicted octanol–water partition coefficient (Wildman–Crippen LogP) is 3.73. The number of anilines is 1. The first-order valence-electron chi connectivity index (χ1n) is 5.98. The number of thioether (sulfide) groups is 1. The van der Waals surface area contributed by atoms with Crippen LogP contribution in [0.3, 0.4) is 0 Å². The second kappa shape index (κ2) is 5.56. The maximum absolute atomic E-state index is 13.4. The van der Waals surface area contributed by atoms with E-state index >= 15 is 0 Å². The molecule has 1 aromatic heterocycles.